The standard InChI is InChI=1S/C24H22N2O5S/c27-22-24(20-12-6-2-7-13-20,18-19-10-4-1-5-11-19)25-23(28)26(22)16-17-32(29,30)31-21-14-8-3-9-15-21/h1-15H,16-18H2,(H,25,28). The van der Waals surface area contributed by atoms with Gasteiger partial charge in [0.15, 0.2) is 5.54 Å². The zero-order chi connectivity index (χ0) is 22.6. The number of benzene rings is 3. The van der Waals surface area contributed by atoms with Gasteiger partial charge in [-0.15, -0.1) is 0 Å². The van der Waals surface area contributed by atoms with Gasteiger partial charge < -0.3 is 9.50 Å². The van der Waals surface area contributed by atoms with Crippen molar-refractivity contribution in [3.05, 3.63) is 102 Å². The SMILES string of the molecule is O=C1NC(Cc2ccccc2)(c2ccccc2)C(=O)N1CCS(=O)(=O)Oc1ccccc1. The predicted molar refractivity (Wildman–Crippen MR) is 119 cm³/mol. The van der Waals surface area contributed by atoms with Crippen LogP contribution in [0.5, 0.6) is 5.75 Å². The lowest BCUT2D eigenvalue weighted by Crippen LogP contribution is -2.46. The number of carbonyl (C=O) groups excluding carboxylic acids is 2. The second kappa shape index (κ2) is 8.84. The Labute approximate surface area is 186 Å². The fraction of sp³-hybridized carbons (Fsp3) is 0.167. The van der Waals surface area contributed by atoms with E-state index >= 15 is 0 Å². The second-order valence-electron chi connectivity index (χ2n) is 7.48. The highest BCUT2D eigenvalue weighted by Gasteiger charge is 2.52. The molecule has 1 fully saturated rings. The zero-order valence-corrected chi connectivity index (χ0v) is 18.0. The molecule has 0 aromatic heterocycles. The van der Waals surface area contributed by atoms with Crippen molar-refractivity contribution in [1.82, 2.24) is 10.2 Å². The van der Waals surface area contributed by atoms with E-state index in [9.17, 15) is 18.0 Å². The van der Waals surface area contributed by atoms with Crippen LogP contribution in [0.3, 0.4) is 0 Å². The fourth-order valence-electron chi connectivity index (χ4n) is 3.74. The van der Waals surface area contributed by atoms with Gasteiger partial charge in [0.2, 0.25) is 0 Å². The van der Waals surface area contributed by atoms with Crippen molar-refractivity contribution >= 4 is 22.1 Å². The molecule has 32 heavy (non-hydrogen) atoms. The lowest BCUT2D eigenvalue weighted by atomic mass is 9.83. The number of carbonyl (C=O) groups is 2. The zero-order valence-electron chi connectivity index (χ0n) is 17.2. The van der Waals surface area contributed by atoms with Crippen molar-refractivity contribution in [1.29, 1.82) is 0 Å². The summed E-state index contributed by atoms with van der Waals surface area (Å²) in [4.78, 5) is 27.3. The van der Waals surface area contributed by atoms with Gasteiger partial charge in [0.25, 0.3) is 5.91 Å². The molecule has 7 nitrogen and oxygen atoms in total. The van der Waals surface area contributed by atoms with Crippen LogP contribution in [0.4, 0.5) is 4.79 Å². The first kappa shape index (κ1) is 21.6. The molecule has 3 aromatic carbocycles. The second-order valence-corrected chi connectivity index (χ2v) is 9.17. The average Bonchev–Trinajstić information content (AvgIpc) is 3.04. The number of hydrogen-bond acceptors (Lipinski definition) is 5. The number of amides is 3. The van der Waals surface area contributed by atoms with Gasteiger partial charge in [-0.1, -0.05) is 78.9 Å². The Morgan fingerprint density at radius 1 is 0.812 bits per heavy atom. The Hall–Kier alpha value is -3.65. The van der Waals surface area contributed by atoms with Crippen LogP contribution in [0.2, 0.25) is 0 Å². The molecule has 0 spiro atoms. The summed E-state index contributed by atoms with van der Waals surface area (Å²) in [5.74, 6) is -0.836. The number of nitrogens with zero attached hydrogens (tertiary/aromatic N) is 1. The van der Waals surface area contributed by atoms with Crippen LogP contribution in [0.25, 0.3) is 0 Å². The maximum atomic E-state index is 13.5. The Bertz CT molecular complexity index is 1200. The van der Waals surface area contributed by atoms with Crippen LogP contribution < -0.4 is 9.50 Å². The van der Waals surface area contributed by atoms with Gasteiger partial charge >= 0.3 is 16.1 Å². The van der Waals surface area contributed by atoms with Crippen molar-refractivity contribution in [2.24, 2.45) is 0 Å². The lowest BCUT2D eigenvalue weighted by molar-refractivity contribution is -0.131. The first-order valence-electron chi connectivity index (χ1n) is 10.1. The molecule has 4 rings (SSSR count). The summed E-state index contributed by atoms with van der Waals surface area (Å²) < 4.78 is 29.9. The maximum absolute atomic E-state index is 13.5. The Morgan fingerprint density at radius 2 is 1.38 bits per heavy atom. The quantitative estimate of drug-likeness (QED) is 0.421. The molecule has 1 N–H and O–H groups in total. The first-order chi connectivity index (χ1) is 15.4. The smallest absolute Gasteiger partial charge is 0.325 e. The van der Waals surface area contributed by atoms with E-state index in [1.165, 1.54) is 12.1 Å². The van der Waals surface area contributed by atoms with Crippen molar-refractivity contribution in [2.45, 2.75) is 12.0 Å². The van der Waals surface area contributed by atoms with E-state index < -0.39 is 33.3 Å². The summed E-state index contributed by atoms with van der Waals surface area (Å²) >= 11 is 0. The number of hydrogen-bond donors (Lipinski definition) is 1. The summed E-state index contributed by atoms with van der Waals surface area (Å²) in [6.45, 7) is -0.316. The molecular weight excluding hydrogens is 428 g/mol. The third-order valence-electron chi connectivity index (χ3n) is 5.29. The molecule has 1 unspecified atom stereocenters. The Balaban J connectivity index is 1.57. The summed E-state index contributed by atoms with van der Waals surface area (Å²) in [7, 11) is -4.00. The topological polar surface area (TPSA) is 92.8 Å². The minimum atomic E-state index is -4.00. The number of urea groups is 1. The Kier molecular flexibility index (Phi) is 5.96. The molecule has 1 aliphatic heterocycles. The van der Waals surface area contributed by atoms with E-state index in [1.54, 1.807) is 42.5 Å². The number of para-hydroxylation sites is 1. The summed E-state index contributed by atoms with van der Waals surface area (Å²) in [5, 5.41) is 2.82. The van der Waals surface area contributed by atoms with Crippen LogP contribution >= 0.6 is 0 Å². The van der Waals surface area contributed by atoms with Gasteiger partial charge in [-0.05, 0) is 23.3 Å². The molecule has 0 bridgehead atoms. The largest absolute Gasteiger partial charge is 0.382 e. The average molecular weight is 451 g/mol. The summed E-state index contributed by atoms with van der Waals surface area (Å²) in [5.41, 5.74) is 0.184. The van der Waals surface area contributed by atoms with Gasteiger partial charge in [-0.3, -0.25) is 9.69 Å². The molecule has 3 amide bonds. The van der Waals surface area contributed by atoms with E-state index in [2.05, 4.69) is 5.32 Å². The van der Waals surface area contributed by atoms with Crippen LogP contribution in [0.1, 0.15) is 11.1 Å². The van der Waals surface area contributed by atoms with Crippen LogP contribution in [-0.2, 0) is 26.9 Å². The van der Waals surface area contributed by atoms with E-state index in [0.717, 1.165) is 10.5 Å². The van der Waals surface area contributed by atoms with Crippen molar-refractivity contribution in [2.75, 3.05) is 12.3 Å². The van der Waals surface area contributed by atoms with Gasteiger partial charge in [0, 0.05) is 13.0 Å². The van der Waals surface area contributed by atoms with Crippen LogP contribution in [0.15, 0.2) is 91.0 Å². The van der Waals surface area contributed by atoms with Gasteiger partial charge in [-0.25, -0.2) is 4.79 Å². The minimum absolute atomic E-state index is 0.174. The highest BCUT2D eigenvalue weighted by molar-refractivity contribution is 7.87. The number of imide groups is 1. The van der Waals surface area contributed by atoms with Crippen LogP contribution in [0, 0.1) is 0 Å². The van der Waals surface area contributed by atoms with Gasteiger partial charge in [0.05, 0.1) is 0 Å². The molecular formula is C24H22N2O5S. The number of rotatable bonds is 8. The van der Waals surface area contributed by atoms with Crippen molar-refractivity contribution in [3.8, 4) is 5.75 Å². The van der Waals surface area contributed by atoms with E-state index in [-0.39, 0.29) is 18.7 Å². The summed E-state index contributed by atoms with van der Waals surface area (Å²) in [6.07, 6.45) is 0.242. The van der Waals surface area contributed by atoms with E-state index in [4.69, 9.17) is 4.18 Å². The minimum Gasteiger partial charge on any atom is -0.382 e. The molecule has 1 atom stereocenters. The van der Waals surface area contributed by atoms with Gasteiger partial charge in [-0.2, -0.15) is 8.42 Å². The monoisotopic (exact) mass is 450 g/mol. The third kappa shape index (κ3) is 4.50. The fourth-order valence-corrected chi connectivity index (χ4v) is 4.63. The van der Waals surface area contributed by atoms with Crippen LogP contribution in [-0.4, -0.2) is 37.6 Å². The molecule has 0 aliphatic carbocycles. The molecule has 0 saturated carbocycles. The highest BCUT2D eigenvalue weighted by Crippen LogP contribution is 2.33. The van der Waals surface area contributed by atoms with Crippen molar-refractivity contribution in [3.63, 3.8) is 0 Å². The molecule has 1 saturated heterocycles. The molecule has 164 valence electrons. The molecule has 3 aromatic rings. The molecule has 1 aliphatic rings. The normalized spacial score (nSPS) is 18.4. The predicted octanol–water partition coefficient (Wildman–Crippen LogP) is 3.09. The maximum Gasteiger partial charge on any atom is 0.325 e. The van der Waals surface area contributed by atoms with E-state index in [1.807, 2.05) is 36.4 Å². The van der Waals surface area contributed by atoms with Gasteiger partial charge in [0.1, 0.15) is 11.5 Å². The molecule has 1 heterocycles. The van der Waals surface area contributed by atoms with E-state index in [0.29, 0.717) is 5.56 Å². The van der Waals surface area contributed by atoms with Crippen molar-refractivity contribution < 1.29 is 22.2 Å². The third-order valence-corrected chi connectivity index (χ3v) is 6.41. The number of nitrogens with one attached hydrogen (secondary N) is 1. The summed E-state index contributed by atoms with van der Waals surface area (Å²) in [6, 6.07) is 25.8. The lowest BCUT2D eigenvalue weighted by Gasteiger charge is -2.27. The highest BCUT2D eigenvalue weighted by atomic mass is 32.2. The first-order valence-corrected chi connectivity index (χ1v) is 11.7. The molecule has 8 heteroatoms. The molecule has 0 radical (unpaired) electrons. The Morgan fingerprint density at radius 3 is 2.00 bits per heavy atom.